The maximum Gasteiger partial charge on any atom is 0.252 e. The molecule has 0 aromatic carbocycles. The molecule has 1 saturated carbocycles. The lowest BCUT2D eigenvalue weighted by atomic mass is 9.81. The average molecular weight is 152 g/mol. The van der Waals surface area contributed by atoms with Crippen LogP contribution in [0.25, 0.3) is 0 Å². The van der Waals surface area contributed by atoms with Gasteiger partial charge in [-0.1, -0.05) is 12.8 Å². The fraction of sp³-hybridized carbons (Fsp3) is 0.750. The molecule has 2 aliphatic rings. The second-order valence-electron chi connectivity index (χ2n) is 3.29. The van der Waals surface area contributed by atoms with Crippen LogP contribution in [0.4, 0.5) is 0 Å². The van der Waals surface area contributed by atoms with E-state index in [0.29, 0.717) is 0 Å². The third-order valence-electron chi connectivity index (χ3n) is 2.62. The maximum absolute atomic E-state index is 11.0. The molecular weight excluding hydrogens is 142 g/mol. The highest BCUT2D eigenvalue weighted by Gasteiger charge is 2.43. The summed E-state index contributed by atoms with van der Waals surface area (Å²) in [5, 5.41) is 3.46. The maximum atomic E-state index is 11.0. The Morgan fingerprint density at radius 1 is 1.00 bits per heavy atom. The molecule has 3 nitrogen and oxygen atoms in total. The van der Waals surface area contributed by atoms with Crippen molar-refractivity contribution in [3.63, 3.8) is 0 Å². The molecule has 2 rings (SSSR count). The summed E-state index contributed by atoms with van der Waals surface area (Å²) in [6, 6.07) is 0. The van der Waals surface area contributed by atoms with Gasteiger partial charge in [0.1, 0.15) is 0 Å². The van der Waals surface area contributed by atoms with E-state index in [4.69, 9.17) is 0 Å². The number of rotatable bonds is 0. The summed E-state index contributed by atoms with van der Waals surface area (Å²) in [5.74, 6) is -0.424. The molecule has 1 radical (unpaired) electrons. The highest BCUT2D eigenvalue weighted by atomic mass is 16.2. The fourth-order valence-electron chi connectivity index (χ4n) is 2.00. The van der Waals surface area contributed by atoms with Crippen molar-refractivity contribution in [2.24, 2.45) is 11.8 Å². The summed E-state index contributed by atoms with van der Waals surface area (Å²) >= 11 is 0. The molecule has 2 fully saturated rings. The lowest BCUT2D eigenvalue weighted by Gasteiger charge is -2.19. The predicted molar refractivity (Wildman–Crippen MR) is 37.6 cm³/mol. The quantitative estimate of drug-likeness (QED) is 0.473. The Balaban J connectivity index is 2.19. The van der Waals surface area contributed by atoms with Crippen molar-refractivity contribution < 1.29 is 9.59 Å². The summed E-state index contributed by atoms with van der Waals surface area (Å²) in [6.45, 7) is 0. The summed E-state index contributed by atoms with van der Waals surface area (Å²) in [4.78, 5) is 22.1. The zero-order valence-electron chi connectivity index (χ0n) is 6.25. The van der Waals surface area contributed by atoms with E-state index in [1.54, 1.807) is 0 Å². The average Bonchev–Trinajstić information content (AvgIpc) is 2.30. The van der Waals surface area contributed by atoms with Gasteiger partial charge in [0.2, 0.25) is 0 Å². The Morgan fingerprint density at radius 3 is 1.91 bits per heavy atom. The molecule has 0 aromatic heterocycles. The van der Waals surface area contributed by atoms with Crippen LogP contribution in [0, 0.1) is 11.8 Å². The molecule has 59 valence electrons. The molecule has 2 amide bonds. The first-order chi connectivity index (χ1) is 5.29. The Hall–Kier alpha value is -0.860. The third kappa shape index (κ3) is 0.951. The fourth-order valence-corrected chi connectivity index (χ4v) is 2.00. The zero-order valence-corrected chi connectivity index (χ0v) is 6.25. The monoisotopic (exact) mass is 152 g/mol. The van der Waals surface area contributed by atoms with Gasteiger partial charge >= 0.3 is 0 Å². The van der Waals surface area contributed by atoms with E-state index in [1.165, 1.54) is 0 Å². The van der Waals surface area contributed by atoms with Crippen LogP contribution in [0.2, 0.25) is 0 Å². The number of carbonyl (C=O) groups excluding carboxylic acids is 2. The van der Waals surface area contributed by atoms with Crippen molar-refractivity contribution in [2.75, 3.05) is 0 Å². The Kier molecular flexibility index (Phi) is 1.44. The number of hydrogen-bond acceptors (Lipinski definition) is 2. The SMILES string of the molecule is O=C1[N]C(=O)C2CCCCC12. The predicted octanol–water partition coefficient (Wildman–Crippen LogP) is 0.464. The number of fused-ring (bicyclic) bond motifs is 1. The molecule has 2 unspecified atom stereocenters. The molecule has 1 heterocycles. The van der Waals surface area contributed by atoms with Crippen LogP contribution in [0.15, 0.2) is 0 Å². The smallest absolute Gasteiger partial charge is 0.252 e. The van der Waals surface area contributed by atoms with E-state index in [2.05, 4.69) is 5.32 Å². The van der Waals surface area contributed by atoms with Gasteiger partial charge in [-0.25, -0.2) is 0 Å². The van der Waals surface area contributed by atoms with Crippen LogP contribution in [0.5, 0.6) is 0 Å². The van der Waals surface area contributed by atoms with E-state index in [-0.39, 0.29) is 23.7 Å². The van der Waals surface area contributed by atoms with Crippen molar-refractivity contribution in [1.29, 1.82) is 0 Å². The number of hydrogen-bond donors (Lipinski definition) is 0. The lowest BCUT2D eigenvalue weighted by molar-refractivity contribution is -0.126. The molecule has 11 heavy (non-hydrogen) atoms. The molecule has 0 aromatic rings. The highest BCUT2D eigenvalue weighted by molar-refractivity contribution is 6.04. The molecule has 3 heteroatoms. The molecule has 0 spiro atoms. The lowest BCUT2D eigenvalue weighted by Crippen LogP contribution is -2.21. The van der Waals surface area contributed by atoms with Crippen LogP contribution in [-0.4, -0.2) is 11.8 Å². The number of carbonyl (C=O) groups is 2. The van der Waals surface area contributed by atoms with Gasteiger partial charge in [0, 0.05) is 0 Å². The first-order valence-electron chi connectivity index (χ1n) is 4.08. The molecule has 2 atom stereocenters. The standard InChI is InChI=1S/C8H10NO2/c10-7-5-3-1-2-4-6(5)8(11)9-7/h5-6H,1-4H2. The second kappa shape index (κ2) is 2.32. The molecule has 1 aliphatic heterocycles. The third-order valence-corrected chi connectivity index (χ3v) is 2.62. The van der Waals surface area contributed by atoms with Crippen molar-refractivity contribution in [3.05, 3.63) is 0 Å². The molecular formula is C8H10NO2. The van der Waals surface area contributed by atoms with Crippen LogP contribution in [0.1, 0.15) is 25.7 Å². The van der Waals surface area contributed by atoms with Gasteiger partial charge in [-0.2, -0.15) is 5.32 Å². The minimum absolute atomic E-state index is 0.0451. The van der Waals surface area contributed by atoms with Gasteiger partial charge in [0.05, 0.1) is 11.8 Å². The molecule has 0 bridgehead atoms. The van der Waals surface area contributed by atoms with Gasteiger partial charge in [0.15, 0.2) is 0 Å². The number of amides is 2. The van der Waals surface area contributed by atoms with E-state index >= 15 is 0 Å². The summed E-state index contributed by atoms with van der Waals surface area (Å²) in [7, 11) is 0. The second-order valence-corrected chi connectivity index (χ2v) is 3.29. The van der Waals surface area contributed by atoms with Crippen LogP contribution in [0.3, 0.4) is 0 Å². The Morgan fingerprint density at radius 2 is 1.45 bits per heavy atom. The van der Waals surface area contributed by atoms with Gasteiger partial charge in [0.25, 0.3) is 11.8 Å². The van der Waals surface area contributed by atoms with E-state index < -0.39 is 0 Å². The van der Waals surface area contributed by atoms with Gasteiger partial charge in [-0.3, -0.25) is 9.59 Å². The molecule has 0 N–H and O–H groups in total. The molecule has 1 aliphatic carbocycles. The first kappa shape index (κ1) is 6.83. The van der Waals surface area contributed by atoms with Crippen LogP contribution in [-0.2, 0) is 9.59 Å². The Labute approximate surface area is 65.2 Å². The van der Waals surface area contributed by atoms with Crippen molar-refractivity contribution in [2.45, 2.75) is 25.7 Å². The zero-order chi connectivity index (χ0) is 7.84. The van der Waals surface area contributed by atoms with E-state index in [9.17, 15) is 9.59 Å². The number of nitrogens with zero attached hydrogens (tertiary/aromatic N) is 1. The summed E-state index contributed by atoms with van der Waals surface area (Å²) in [6.07, 6.45) is 3.91. The van der Waals surface area contributed by atoms with E-state index in [0.717, 1.165) is 25.7 Å². The first-order valence-corrected chi connectivity index (χ1v) is 4.08. The highest BCUT2D eigenvalue weighted by Crippen LogP contribution is 2.34. The summed E-state index contributed by atoms with van der Waals surface area (Å²) in [5.41, 5.74) is 0. The topological polar surface area (TPSA) is 48.2 Å². The largest absolute Gasteiger partial charge is 0.272 e. The minimum atomic E-state index is -0.167. The van der Waals surface area contributed by atoms with Gasteiger partial charge < -0.3 is 0 Å². The van der Waals surface area contributed by atoms with Crippen molar-refractivity contribution in [3.8, 4) is 0 Å². The number of imide groups is 1. The van der Waals surface area contributed by atoms with Gasteiger partial charge in [-0.15, -0.1) is 0 Å². The minimum Gasteiger partial charge on any atom is -0.272 e. The Bertz CT molecular complexity index is 190. The van der Waals surface area contributed by atoms with Crippen molar-refractivity contribution in [1.82, 2.24) is 5.32 Å². The van der Waals surface area contributed by atoms with E-state index in [1.807, 2.05) is 0 Å². The molecule has 1 saturated heterocycles. The van der Waals surface area contributed by atoms with Crippen LogP contribution >= 0.6 is 0 Å². The summed E-state index contributed by atoms with van der Waals surface area (Å²) < 4.78 is 0. The normalized spacial score (nSPS) is 36.7. The van der Waals surface area contributed by atoms with Crippen LogP contribution < -0.4 is 5.32 Å². The van der Waals surface area contributed by atoms with Crippen molar-refractivity contribution >= 4 is 11.8 Å². The van der Waals surface area contributed by atoms with Gasteiger partial charge in [-0.05, 0) is 12.8 Å².